The van der Waals surface area contributed by atoms with Gasteiger partial charge in [-0.05, 0) is 84.0 Å². The number of nitrogens with zero attached hydrogens (tertiary/aromatic N) is 4. The second-order valence-electron chi connectivity index (χ2n) is 13.4. The molecule has 0 aliphatic carbocycles. The Morgan fingerprint density at radius 2 is 1.76 bits per heavy atom. The number of rotatable bonds is 9. The van der Waals surface area contributed by atoms with Crippen molar-refractivity contribution >= 4 is 11.6 Å². The molecule has 2 aromatic carbocycles. The van der Waals surface area contributed by atoms with Crippen LogP contribution in [0, 0.1) is 0 Å². The Labute approximate surface area is 269 Å². The number of nitrogens with one attached hydrogen (secondary N) is 1. The van der Waals surface area contributed by atoms with Gasteiger partial charge in [-0.3, -0.25) is 9.69 Å². The zero-order chi connectivity index (χ0) is 31.9. The number of para-hydroxylation sites is 1. The molecule has 0 spiro atoms. The molecular weight excluding hydrogens is 590 g/mol. The van der Waals surface area contributed by atoms with E-state index < -0.39 is 23.5 Å². The van der Waals surface area contributed by atoms with Gasteiger partial charge in [-0.15, -0.1) is 5.10 Å². The van der Waals surface area contributed by atoms with E-state index in [4.69, 9.17) is 28.4 Å². The van der Waals surface area contributed by atoms with Crippen LogP contribution < -0.4 is 10.1 Å². The van der Waals surface area contributed by atoms with Crippen LogP contribution in [0.15, 0.2) is 54.7 Å². The lowest BCUT2D eigenvalue weighted by Gasteiger charge is -2.40. The summed E-state index contributed by atoms with van der Waals surface area (Å²) in [4.78, 5) is 15.7. The molecule has 46 heavy (non-hydrogen) atoms. The molecule has 1 amide bonds. The summed E-state index contributed by atoms with van der Waals surface area (Å²) in [6.07, 6.45) is 4.50. The van der Waals surface area contributed by atoms with Crippen LogP contribution in [-0.4, -0.2) is 94.3 Å². The Balaban J connectivity index is 1.02. The van der Waals surface area contributed by atoms with E-state index in [1.54, 1.807) is 16.8 Å². The van der Waals surface area contributed by atoms with E-state index in [9.17, 15) is 4.79 Å². The molecule has 1 aromatic heterocycles. The molecule has 5 heterocycles. The summed E-state index contributed by atoms with van der Waals surface area (Å²) in [5.74, 6) is -2.27. The highest BCUT2D eigenvalue weighted by atomic mass is 16.9. The largest absolute Gasteiger partial charge is 0.492 e. The molecule has 246 valence electrons. The number of benzene rings is 2. The minimum atomic E-state index is -1.14. The van der Waals surface area contributed by atoms with Gasteiger partial charge in [0.2, 0.25) is 5.79 Å². The number of aromatic nitrogens is 3. The second kappa shape index (κ2) is 12.3. The van der Waals surface area contributed by atoms with Crippen LogP contribution in [0.4, 0.5) is 5.69 Å². The van der Waals surface area contributed by atoms with Crippen LogP contribution in [0.25, 0.3) is 11.3 Å². The smallest absolute Gasteiger partial charge is 0.255 e. The lowest BCUT2D eigenvalue weighted by molar-refractivity contribution is -0.288. The number of carbonyl (C=O) groups is 1. The Morgan fingerprint density at radius 3 is 2.57 bits per heavy atom. The monoisotopic (exact) mass is 633 g/mol. The number of piperidine rings is 1. The van der Waals surface area contributed by atoms with Crippen molar-refractivity contribution in [2.24, 2.45) is 0 Å². The Morgan fingerprint density at radius 1 is 0.978 bits per heavy atom. The quantitative estimate of drug-likeness (QED) is 0.362. The van der Waals surface area contributed by atoms with Crippen molar-refractivity contribution in [1.82, 2.24) is 19.9 Å². The molecule has 4 aliphatic heterocycles. The van der Waals surface area contributed by atoms with Crippen LogP contribution in [0.2, 0.25) is 0 Å². The predicted octanol–water partition coefficient (Wildman–Crippen LogP) is 4.46. The third-order valence-corrected chi connectivity index (χ3v) is 8.89. The van der Waals surface area contributed by atoms with E-state index in [1.807, 2.05) is 70.3 Å². The van der Waals surface area contributed by atoms with Crippen LogP contribution >= 0.6 is 0 Å². The molecule has 0 saturated carbocycles. The summed E-state index contributed by atoms with van der Waals surface area (Å²) in [5, 5.41) is 11.9. The first-order valence-corrected chi connectivity index (χ1v) is 16.2. The third-order valence-electron chi connectivity index (χ3n) is 8.89. The fourth-order valence-corrected chi connectivity index (χ4v) is 6.88. The first-order valence-electron chi connectivity index (χ1n) is 16.2. The molecule has 4 fully saturated rings. The molecule has 0 radical (unpaired) electrons. The maximum atomic E-state index is 13.3. The van der Waals surface area contributed by atoms with Gasteiger partial charge in [0.25, 0.3) is 5.91 Å². The van der Waals surface area contributed by atoms with Gasteiger partial charge in [-0.2, -0.15) is 0 Å². The topological polar surface area (TPSA) is 118 Å². The second-order valence-corrected chi connectivity index (χ2v) is 13.4. The average molecular weight is 634 g/mol. The number of likely N-dealkylation sites (tertiary alicyclic amines) is 1. The molecule has 4 saturated heterocycles. The van der Waals surface area contributed by atoms with Gasteiger partial charge in [0.1, 0.15) is 36.4 Å². The number of ether oxygens (including phenoxy) is 6. The summed E-state index contributed by atoms with van der Waals surface area (Å²) < 4.78 is 38.9. The number of anilines is 1. The molecule has 12 nitrogen and oxygen atoms in total. The zero-order valence-electron chi connectivity index (χ0n) is 26.9. The normalized spacial score (nSPS) is 28.4. The van der Waals surface area contributed by atoms with Gasteiger partial charge in [-0.1, -0.05) is 29.8 Å². The van der Waals surface area contributed by atoms with E-state index in [1.165, 1.54) is 19.3 Å². The zero-order valence-corrected chi connectivity index (χ0v) is 26.9. The first-order chi connectivity index (χ1) is 22.1. The maximum absolute atomic E-state index is 13.3. The lowest BCUT2D eigenvalue weighted by atomic mass is 9.97. The first kappa shape index (κ1) is 31.2. The van der Waals surface area contributed by atoms with Crippen molar-refractivity contribution in [1.29, 1.82) is 0 Å². The van der Waals surface area contributed by atoms with Gasteiger partial charge in [0.05, 0.1) is 25.0 Å². The van der Waals surface area contributed by atoms with E-state index in [2.05, 4.69) is 20.5 Å². The highest BCUT2D eigenvalue weighted by molar-refractivity contribution is 6.06. The molecule has 0 unspecified atom stereocenters. The van der Waals surface area contributed by atoms with E-state index in [0.29, 0.717) is 30.2 Å². The minimum Gasteiger partial charge on any atom is -0.492 e. The standard InChI is InChI=1S/C34H43N5O7/c1-32(2)43-28-21-42-34(30(29(28)44-32)45-33(3,4)46-34)22-39-20-27(36-37-39)25-10-6-7-11-26(25)35-31(40)23-12-14-24(15-13-23)41-19-18-38-16-8-5-9-17-38/h6-7,10-15,20,28-30H,5,8-9,16-19,21-22H2,1-4H3,(H,35,40)/t28-,29-,30+,34+/m1/s1. The number of fused-ring (bicyclic) bond motifs is 3. The van der Waals surface area contributed by atoms with Crippen LogP contribution in [0.5, 0.6) is 5.75 Å². The number of carbonyl (C=O) groups excluding carboxylic acids is 1. The van der Waals surface area contributed by atoms with Gasteiger partial charge in [0.15, 0.2) is 11.6 Å². The summed E-state index contributed by atoms with van der Waals surface area (Å²) in [7, 11) is 0. The van der Waals surface area contributed by atoms with E-state index >= 15 is 0 Å². The number of hydrogen-bond acceptors (Lipinski definition) is 10. The van der Waals surface area contributed by atoms with Gasteiger partial charge in [0, 0.05) is 17.7 Å². The summed E-state index contributed by atoms with van der Waals surface area (Å²) in [6.45, 7) is 11.8. The van der Waals surface area contributed by atoms with Crippen molar-refractivity contribution < 1.29 is 33.2 Å². The molecule has 3 aromatic rings. The van der Waals surface area contributed by atoms with Crippen molar-refractivity contribution in [2.75, 3.05) is 38.2 Å². The summed E-state index contributed by atoms with van der Waals surface area (Å²) in [6, 6.07) is 14.7. The van der Waals surface area contributed by atoms with Gasteiger partial charge < -0.3 is 33.7 Å². The molecular formula is C34H43N5O7. The Hall–Kier alpha value is -3.39. The highest BCUT2D eigenvalue weighted by Crippen LogP contribution is 2.48. The lowest BCUT2D eigenvalue weighted by Crippen LogP contribution is -2.60. The molecule has 1 N–H and O–H groups in total. The fraction of sp³-hybridized carbons (Fsp3) is 0.559. The van der Waals surface area contributed by atoms with Gasteiger partial charge >= 0.3 is 0 Å². The van der Waals surface area contributed by atoms with Crippen molar-refractivity contribution in [3.63, 3.8) is 0 Å². The van der Waals surface area contributed by atoms with Crippen LogP contribution in [-0.2, 0) is 30.2 Å². The number of amides is 1. The summed E-state index contributed by atoms with van der Waals surface area (Å²) >= 11 is 0. The Bertz CT molecular complexity index is 1540. The highest BCUT2D eigenvalue weighted by Gasteiger charge is 2.65. The minimum absolute atomic E-state index is 0.224. The SMILES string of the molecule is CC1(C)O[C@@H]2[C@@H](CO[C@@]3(Cn4cc(-c5ccccc5NC(=O)c5ccc(OCCN6CCCCC6)cc5)nn4)OC(C)(C)O[C@@H]23)O1. The van der Waals surface area contributed by atoms with E-state index in [0.717, 1.165) is 30.9 Å². The van der Waals surface area contributed by atoms with Gasteiger partial charge in [-0.25, -0.2) is 4.68 Å². The van der Waals surface area contributed by atoms with Crippen molar-refractivity contribution in [3.8, 4) is 17.0 Å². The summed E-state index contributed by atoms with van der Waals surface area (Å²) in [5.41, 5.74) is 2.47. The average Bonchev–Trinajstić information content (AvgIpc) is 3.70. The predicted molar refractivity (Wildman–Crippen MR) is 168 cm³/mol. The van der Waals surface area contributed by atoms with E-state index in [-0.39, 0.29) is 24.7 Å². The fourth-order valence-electron chi connectivity index (χ4n) is 6.88. The number of hydrogen-bond donors (Lipinski definition) is 1. The van der Waals surface area contributed by atoms with Crippen molar-refractivity contribution in [2.45, 2.75) is 89.2 Å². The molecule has 4 atom stereocenters. The molecule has 4 aliphatic rings. The third kappa shape index (κ3) is 6.55. The van der Waals surface area contributed by atoms with Crippen LogP contribution in [0.1, 0.15) is 57.3 Å². The molecule has 0 bridgehead atoms. The molecule has 12 heteroatoms. The molecule has 7 rings (SSSR count). The maximum Gasteiger partial charge on any atom is 0.255 e. The van der Waals surface area contributed by atoms with Crippen molar-refractivity contribution in [3.05, 3.63) is 60.3 Å². The van der Waals surface area contributed by atoms with Crippen LogP contribution in [0.3, 0.4) is 0 Å². The Kier molecular flexibility index (Phi) is 8.37.